The van der Waals surface area contributed by atoms with E-state index >= 15 is 0 Å². The van der Waals surface area contributed by atoms with Gasteiger partial charge in [-0.3, -0.25) is 9.48 Å². The van der Waals surface area contributed by atoms with Crippen LogP contribution in [0.1, 0.15) is 34.9 Å². The summed E-state index contributed by atoms with van der Waals surface area (Å²) in [5, 5.41) is 17.9. The number of carbonyl (C=O) groups excluding carboxylic acids is 1. The van der Waals surface area contributed by atoms with Gasteiger partial charge in [-0.25, -0.2) is 9.78 Å². The number of hydrogen-bond donors (Lipinski definition) is 2. The molecule has 0 aliphatic rings. The van der Waals surface area contributed by atoms with Gasteiger partial charge in [-0.15, -0.1) is 11.3 Å². The SMILES string of the molecule is CCC(C(=O)NCCc1nc(C(=O)O)cs1)n1cccn1. The highest BCUT2D eigenvalue weighted by atomic mass is 32.1. The minimum atomic E-state index is -1.04. The number of rotatable bonds is 7. The van der Waals surface area contributed by atoms with E-state index in [1.54, 1.807) is 23.1 Å². The summed E-state index contributed by atoms with van der Waals surface area (Å²) in [5.74, 6) is -1.14. The molecule has 0 radical (unpaired) electrons. The van der Waals surface area contributed by atoms with Crippen LogP contribution in [0, 0.1) is 0 Å². The van der Waals surface area contributed by atoms with Crippen LogP contribution in [-0.2, 0) is 11.2 Å². The maximum atomic E-state index is 12.1. The Morgan fingerprint density at radius 2 is 2.33 bits per heavy atom. The molecule has 8 heteroatoms. The molecule has 2 rings (SSSR count). The second kappa shape index (κ2) is 6.98. The zero-order valence-electron chi connectivity index (χ0n) is 11.5. The lowest BCUT2D eigenvalue weighted by molar-refractivity contribution is -0.124. The van der Waals surface area contributed by atoms with Crippen LogP contribution >= 0.6 is 11.3 Å². The van der Waals surface area contributed by atoms with Gasteiger partial charge < -0.3 is 10.4 Å². The van der Waals surface area contributed by atoms with Crippen LogP contribution in [0.4, 0.5) is 0 Å². The van der Waals surface area contributed by atoms with Gasteiger partial charge in [-0.1, -0.05) is 6.92 Å². The van der Waals surface area contributed by atoms with E-state index in [9.17, 15) is 9.59 Å². The summed E-state index contributed by atoms with van der Waals surface area (Å²) in [6, 6.07) is 1.45. The Morgan fingerprint density at radius 1 is 1.52 bits per heavy atom. The van der Waals surface area contributed by atoms with E-state index in [2.05, 4.69) is 15.4 Å². The van der Waals surface area contributed by atoms with Crippen molar-refractivity contribution >= 4 is 23.2 Å². The van der Waals surface area contributed by atoms with Crippen LogP contribution in [-0.4, -0.2) is 38.3 Å². The Morgan fingerprint density at radius 3 is 2.90 bits per heavy atom. The highest BCUT2D eigenvalue weighted by Gasteiger charge is 2.18. The first-order valence-electron chi connectivity index (χ1n) is 6.56. The van der Waals surface area contributed by atoms with Crippen molar-refractivity contribution < 1.29 is 14.7 Å². The van der Waals surface area contributed by atoms with Gasteiger partial charge >= 0.3 is 5.97 Å². The molecule has 0 aromatic carbocycles. The van der Waals surface area contributed by atoms with Crippen molar-refractivity contribution in [3.63, 3.8) is 0 Å². The molecule has 0 bridgehead atoms. The van der Waals surface area contributed by atoms with Gasteiger partial charge in [-0.2, -0.15) is 5.10 Å². The molecule has 2 heterocycles. The van der Waals surface area contributed by atoms with Crippen LogP contribution in [0.5, 0.6) is 0 Å². The first-order chi connectivity index (χ1) is 10.1. The van der Waals surface area contributed by atoms with Crippen molar-refractivity contribution in [2.24, 2.45) is 0 Å². The number of amides is 1. The van der Waals surface area contributed by atoms with Gasteiger partial charge in [0.15, 0.2) is 5.69 Å². The third-order valence-corrected chi connectivity index (χ3v) is 3.85. The number of carbonyl (C=O) groups is 2. The molecule has 0 fully saturated rings. The maximum Gasteiger partial charge on any atom is 0.355 e. The van der Waals surface area contributed by atoms with Crippen molar-refractivity contribution in [2.75, 3.05) is 6.54 Å². The zero-order chi connectivity index (χ0) is 15.2. The molecule has 2 aromatic rings. The fourth-order valence-corrected chi connectivity index (χ4v) is 2.66. The minimum absolute atomic E-state index is 0.0457. The number of nitrogens with zero attached hydrogens (tertiary/aromatic N) is 3. The van der Waals surface area contributed by atoms with E-state index in [4.69, 9.17) is 5.11 Å². The van der Waals surface area contributed by atoms with Crippen molar-refractivity contribution in [1.82, 2.24) is 20.1 Å². The Balaban J connectivity index is 1.84. The molecule has 0 spiro atoms. The summed E-state index contributed by atoms with van der Waals surface area (Å²) in [5.41, 5.74) is 0.0457. The Labute approximate surface area is 125 Å². The molecule has 1 atom stereocenters. The molecule has 0 saturated carbocycles. The summed E-state index contributed by atoms with van der Waals surface area (Å²) >= 11 is 1.28. The summed E-state index contributed by atoms with van der Waals surface area (Å²) in [6.07, 6.45) is 4.56. The molecular weight excluding hydrogens is 292 g/mol. The topological polar surface area (TPSA) is 97.1 Å². The van der Waals surface area contributed by atoms with Gasteiger partial charge in [0.25, 0.3) is 0 Å². The van der Waals surface area contributed by atoms with Crippen LogP contribution in [0.25, 0.3) is 0 Å². The van der Waals surface area contributed by atoms with Crippen LogP contribution in [0.2, 0.25) is 0 Å². The molecule has 0 aliphatic carbocycles. The van der Waals surface area contributed by atoms with Gasteiger partial charge in [0.05, 0.1) is 5.01 Å². The third kappa shape index (κ3) is 3.88. The first kappa shape index (κ1) is 15.2. The predicted octanol–water partition coefficient (Wildman–Crippen LogP) is 1.35. The standard InChI is InChI=1S/C13H16N4O3S/c1-2-10(17-7-3-5-15-17)12(18)14-6-4-11-16-9(8-21-11)13(19)20/h3,5,7-8,10H,2,4,6H2,1H3,(H,14,18)(H,19,20). The smallest absolute Gasteiger partial charge is 0.355 e. The fraction of sp³-hybridized carbons (Fsp3) is 0.385. The highest BCUT2D eigenvalue weighted by molar-refractivity contribution is 7.09. The number of hydrogen-bond acceptors (Lipinski definition) is 5. The average molecular weight is 308 g/mol. The van der Waals surface area contributed by atoms with E-state index < -0.39 is 5.97 Å². The maximum absolute atomic E-state index is 12.1. The number of aromatic nitrogens is 3. The molecule has 7 nitrogen and oxygen atoms in total. The van der Waals surface area contributed by atoms with E-state index in [1.807, 2.05) is 6.92 Å². The normalized spacial score (nSPS) is 12.0. The molecule has 2 N–H and O–H groups in total. The van der Waals surface area contributed by atoms with Gasteiger partial charge in [-0.05, 0) is 12.5 Å². The molecule has 1 amide bonds. The lowest BCUT2D eigenvalue weighted by atomic mass is 10.2. The Bertz CT molecular complexity index is 609. The number of aromatic carboxylic acids is 1. The van der Waals surface area contributed by atoms with E-state index in [0.29, 0.717) is 24.4 Å². The number of nitrogens with one attached hydrogen (secondary N) is 1. The molecule has 21 heavy (non-hydrogen) atoms. The van der Waals surface area contributed by atoms with Crippen LogP contribution in [0.15, 0.2) is 23.8 Å². The van der Waals surface area contributed by atoms with Crippen molar-refractivity contribution in [3.8, 4) is 0 Å². The van der Waals surface area contributed by atoms with Crippen LogP contribution in [0.3, 0.4) is 0 Å². The summed E-state index contributed by atoms with van der Waals surface area (Å²) in [4.78, 5) is 26.8. The van der Waals surface area contributed by atoms with E-state index in [0.717, 1.165) is 0 Å². The number of carboxylic acids is 1. The second-order valence-electron chi connectivity index (χ2n) is 4.38. The summed E-state index contributed by atoms with van der Waals surface area (Å²) < 4.78 is 1.63. The van der Waals surface area contributed by atoms with Crippen molar-refractivity contribution in [3.05, 3.63) is 34.5 Å². The molecule has 1 unspecified atom stereocenters. The summed E-state index contributed by atoms with van der Waals surface area (Å²) in [6.45, 7) is 2.34. The lowest BCUT2D eigenvalue weighted by Crippen LogP contribution is -2.33. The molecule has 0 aliphatic heterocycles. The van der Waals surface area contributed by atoms with Crippen LogP contribution < -0.4 is 5.32 Å². The Hall–Kier alpha value is -2.22. The molecule has 112 valence electrons. The molecular formula is C13H16N4O3S. The van der Waals surface area contributed by atoms with E-state index in [1.165, 1.54) is 16.7 Å². The van der Waals surface area contributed by atoms with E-state index in [-0.39, 0.29) is 17.6 Å². The second-order valence-corrected chi connectivity index (χ2v) is 5.33. The lowest BCUT2D eigenvalue weighted by Gasteiger charge is -2.15. The van der Waals surface area contributed by atoms with Crippen molar-refractivity contribution in [2.45, 2.75) is 25.8 Å². The monoisotopic (exact) mass is 308 g/mol. The van der Waals surface area contributed by atoms with Gasteiger partial charge in [0.2, 0.25) is 5.91 Å². The third-order valence-electron chi connectivity index (χ3n) is 2.94. The fourth-order valence-electron chi connectivity index (χ4n) is 1.89. The van der Waals surface area contributed by atoms with Gasteiger partial charge in [0.1, 0.15) is 6.04 Å². The first-order valence-corrected chi connectivity index (χ1v) is 7.44. The van der Waals surface area contributed by atoms with Gasteiger partial charge in [0, 0.05) is 30.7 Å². The highest BCUT2D eigenvalue weighted by Crippen LogP contribution is 2.11. The number of carboxylic acid groups (broad SMARTS) is 1. The minimum Gasteiger partial charge on any atom is -0.476 e. The molecule has 2 aromatic heterocycles. The predicted molar refractivity (Wildman–Crippen MR) is 77.3 cm³/mol. The number of thiazole rings is 1. The zero-order valence-corrected chi connectivity index (χ0v) is 12.3. The average Bonchev–Trinajstić information content (AvgIpc) is 3.10. The summed E-state index contributed by atoms with van der Waals surface area (Å²) in [7, 11) is 0. The Kier molecular flexibility index (Phi) is 5.04. The van der Waals surface area contributed by atoms with Crippen molar-refractivity contribution in [1.29, 1.82) is 0 Å². The quantitative estimate of drug-likeness (QED) is 0.804. The largest absolute Gasteiger partial charge is 0.476 e. The molecule has 0 saturated heterocycles.